The second kappa shape index (κ2) is 6.68. The molecule has 0 spiro atoms. The Hall–Kier alpha value is -1.92. The number of pyridine rings is 1. The maximum Gasteiger partial charge on any atom is 0.152 e. The summed E-state index contributed by atoms with van der Waals surface area (Å²) in [5.74, 6) is 0.541. The van der Waals surface area contributed by atoms with E-state index in [9.17, 15) is 8.42 Å². The van der Waals surface area contributed by atoms with Crippen LogP contribution in [0.1, 0.15) is 5.56 Å². The molecule has 1 aromatic carbocycles. The third-order valence-corrected chi connectivity index (χ3v) is 5.75. The minimum absolute atomic E-state index is 0.271. The zero-order chi connectivity index (χ0) is 16.3. The van der Waals surface area contributed by atoms with Crippen LogP contribution >= 0.6 is 0 Å². The van der Waals surface area contributed by atoms with E-state index in [2.05, 4.69) is 39.5 Å². The number of anilines is 1. The highest BCUT2D eigenvalue weighted by molar-refractivity contribution is 7.91. The molecular formula is C17H21N3O2S. The summed E-state index contributed by atoms with van der Waals surface area (Å²) in [6.07, 6.45) is 1.82. The Morgan fingerprint density at radius 2 is 1.78 bits per heavy atom. The average molecular weight is 331 g/mol. The van der Waals surface area contributed by atoms with Crippen molar-refractivity contribution < 1.29 is 8.42 Å². The molecule has 6 heteroatoms. The van der Waals surface area contributed by atoms with Crippen LogP contribution in [0.25, 0.3) is 11.3 Å². The third kappa shape index (κ3) is 4.09. The summed E-state index contributed by atoms with van der Waals surface area (Å²) >= 11 is 0. The molecule has 2 aromatic rings. The number of sulfone groups is 1. The smallest absolute Gasteiger partial charge is 0.152 e. The van der Waals surface area contributed by atoms with Gasteiger partial charge in [-0.1, -0.05) is 24.3 Å². The first kappa shape index (κ1) is 16.0. The minimum atomic E-state index is -2.81. The number of hydrogen-bond donors (Lipinski definition) is 1. The van der Waals surface area contributed by atoms with E-state index in [0.29, 0.717) is 13.1 Å². The summed E-state index contributed by atoms with van der Waals surface area (Å²) in [5, 5.41) is 3.06. The summed E-state index contributed by atoms with van der Waals surface area (Å²) in [5.41, 5.74) is 4.21. The predicted octanol–water partition coefficient (Wildman–Crippen LogP) is 2.02. The quantitative estimate of drug-likeness (QED) is 0.929. The van der Waals surface area contributed by atoms with Gasteiger partial charge in [-0.15, -0.1) is 0 Å². The molecule has 1 aliphatic heterocycles. The summed E-state index contributed by atoms with van der Waals surface area (Å²) in [6, 6.07) is 12.3. The van der Waals surface area contributed by atoms with E-state index in [4.69, 9.17) is 0 Å². The van der Waals surface area contributed by atoms with E-state index in [0.717, 1.165) is 23.5 Å². The minimum Gasteiger partial charge on any atom is -0.387 e. The highest BCUT2D eigenvalue weighted by Crippen LogP contribution is 2.20. The molecule has 5 nitrogen and oxygen atoms in total. The van der Waals surface area contributed by atoms with Gasteiger partial charge in [0.15, 0.2) is 9.84 Å². The van der Waals surface area contributed by atoms with E-state index < -0.39 is 9.84 Å². The molecule has 1 fully saturated rings. The van der Waals surface area contributed by atoms with Gasteiger partial charge in [0, 0.05) is 32.2 Å². The van der Waals surface area contributed by atoms with Crippen molar-refractivity contribution in [2.45, 2.75) is 6.54 Å². The molecular weight excluding hydrogens is 310 g/mol. The zero-order valence-electron chi connectivity index (χ0n) is 13.2. The molecule has 2 heterocycles. The van der Waals surface area contributed by atoms with Crippen molar-refractivity contribution in [2.24, 2.45) is 0 Å². The van der Waals surface area contributed by atoms with Crippen molar-refractivity contribution in [1.82, 2.24) is 9.88 Å². The number of aromatic nitrogens is 1. The Labute approximate surface area is 137 Å². The molecule has 0 unspecified atom stereocenters. The average Bonchev–Trinajstić information content (AvgIpc) is 2.58. The molecule has 122 valence electrons. The van der Waals surface area contributed by atoms with Crippen LogP contribution in [0.3, 0.4) is 0 Å². The number of benzene rings is 1. The molecule has 1 N–H and O–H groups in total. The maximum atomic E-state index is 11.5. The van der Waals surface area contributed by atoms with Gasteiger partial charge < -0.3 is 5.32 Å². The molecule has 1 saturated heterocycles. The lowest BCUT2D eigenvalue weighted by atomic mass is 10.1. The maximum absolute atomic E-state index is 11.5. The number of nitrogens with one attached hydrogen (secondary N) is 1. The van der Waals surface area contributed by atoms with Crippen molar-refractivity contribution >= 4 is 15.5 Å². The van der Waals surface area contributed by atoms with Crippen LogP contribution in [0.15, 0.2) is 42.6 Å². The van der Waals surface area contributed by atoms with Crippen molar-refractivity contribution in [1.29, 1.82) is 0 Å². The Morgan fingerprint density at radius 3 is 2.35 bits per heavy atom. The van der Waals surface area contributed by atoms with E-state index in [-0.39, 0.29) is 11.5 Å². The number of nitrogens with zero attached hydrogens (tertiary/aromatic N) is 2. The Bertz CT molecular complexity index is 741. The Kier molecular flexibility index (Phi) is 4.63. The highest BCUT2D eigenvalue weighted by atomic mass is 32.2. The normalized spacial score (nSPS) is 17.8. The molecule has 23 heavy (non-hydrogen) atoms. The van der Waals surface area contributed by atoms with Crippen LogP contribution in [0.4, 0.5) is 5.69 Å². The first-order chi connectivity index (χ1) is 11.1. The molecule has 0 atom stereocenters. The summed E-state index contributed by atoms with van der Waals surface area (Å²) in [4.78, 5) is 6.63. The van der Waals surface area contributed by atoms with E-state index >= 15 is 0 Å². The SMILES string of the molecule is CNc1ccc(-c2ccc(CN3CCS(=O)(=O)CC3)cc2)nc1. The molecule has 1 aromatic heterocycles. The van der Waals surface area contributed by atoms with Crippen LogP contribution in [0.2, 0.25) is 0 Å². The lowest BCUT2D eigenvalue weighted by Crippen LogP contribution is -2.39. The van der Waals surface area contributed by atoms with E-state index in [1.807, 2.05) is 25.4 Å². The highest BCUT2D eigenvalue weighted by Gasteiger charge is 2.21. The predicted molar refractivity (Wildman–Crippen MR) is 93.2 cm³/mol. The van der Waals surface area contributed by atoms with Crippen molar-refractivity contribution in [2.75, 3.05) is 37.0 Å². The number of rotatable bonds is 4. The van der Waals surface area contributed by atoms with Gasteiger partial charge in [0.05, 0.1) is 29.1 Å². The summed E-state index contributed by atoms with van der Waals surface area (Å²) in [6.45, 7) is 2.04. The van der Waals surface area contributed by atoms with Crippen LogP contribution in [0, 0.1) is 0 Å². The molecule has 0 radical (unpaired) electrons. The van der Waals surface area contributed by atoms with Gasteiger partial charge in [0.2, 0.25) is 0 Å². The molecule has 0 bridgehead atoms. The Balaban J connectivity index is 1.65. The van der Waals surface area contributed by atoms with Crippen LogP contribution < -0.4 is 5.32 Å². The van der Waals surface area contributed by atoms with Crippen LogP contribution in [-0.2, 0) is 16.4 Å². The first-order valence-electron chi connectivity index (χ1n) is 7.72. The van der Waals surface area contributed by atoms with Crippen molar-refractivity contribution in [3.05, 3.63) is 48.2 Å². The Morgan fingerprint density at radius 1 is 1.09 bits per heavy atom. The van der Waals surface area contributed by atoms with Gasteiger partial charge in [-0.05, 0) is 17.7 Å². The largest absolute Gasteiger partial charge is 0.387 e. The van der Waals surface area contributed by atoms with E-state index in [1.165, 1.54) is 5.56 Å². The van der Waals surface area contributed by atoms with Gasteiger partial charge in [0.1, 0.15) is 0 Å². The monoisotopic (exact) mass is 331 g/mol. The van der Waals surface area contributed by atoms with Crippen molar-refractivity contribution in [3.63, 3.8) is 0 Å². The summed E-state index contributed by atoms with van der Waals surface area (Å²) in [7, 11) is -0.939. The fourth-order valence-corrected chi connectivity index (χ4v) is 3.94. The lowest BCUT2D eigenvalue weighted by molar-refractivity contribution is 0.287. The first-order valence-corrected chi connectivity index (χ1v) is 9.54. The molecule has 0 amide bonds. The lowest BCUT2D eigenvalue weighted by Gasteiger charge is -2.26. The van der Waals surface area contributed by atoms with E-state index in [1.54, 1.807) is 0 Å². The fraction of sp³-hybridized carbons (Fsp3) is 0.353. The second-order valence-corrected chi connectivity index (χ2v) is 8.11. The topological polar surface area (TPSA) is 62.3 Å². The number of hydrogen-bond acceptors (Lipinski definition) is 5. The molecule has 0 saturated carbocycles. The molecule has 0 aliphatic carbocycles. The van der Waals surface area contributed by atoms with Gasteiger partial charge in [-0.25, -0.2) is 8.42 Å². The van der Waals surface area contributed by atoms with Gasteiger partial charge in [0.25, 0.3) is 0 Å². The van der Waals surface area contributed by atoms with Gasteiger partial charge >= 0.3 is 0 Å². The standard InChI is InChI=1S/C17H21N3O2S/c1-18-16-6-7-17(19-12-16)15-4-2-14(3-5-15)13-20-8-10-23(21,22)11-9-20/h2-7,12,18H,8-11,13H2,1H3. The molecule has 1 aliphatic rings. The van der Waals surface area contributed by atoms with Crippen LogP contribution in [0.5, 0.6) is 0 Å². The van der Waals surface area contributed by atoms with Gasteiger partial charge in [-0.2, -0.15) is 0 Å². The zero-order valence-corrected chi connectivity index (χ0v) is 14.0. The summed E-state index contributed by atoms with van der Waals surface area (Å²) < 4.78 is 22.9. The second-order valence-electron chi connectivity index (χ2n) is 5.81. The van der Waals surface area contributed by atoms with Crippen LogP contribution in [-0.4, -0.2) is 49.9 Å². The van der Waals surface area contributed by atoms with Crippen molar-refractivity contribution in [3.8, 4) is 11.3 Å². The molecule has 3 rings (SSSR count). The third-order valence-electron chi connectivity index (χ3n) is 4.15. The van der Waals surface area contributed by atoms with Gasteiger partial charge in [-0.3, -0.25) is 9.88 Å². The fourth-order valence-electron chi connectivity index (χ4n) is 2.66.